The Bertz CT molecular complexity index is 1050. The molecule has 0 aromatic heterocycles. The smallest absolute Gasteiger partial charge is 0.328 e. The molecule has 3 aromatic rings. The first-order valence-corrected chi connectivity index (χ1v) is 12.3. The van der Waals surface area contributed by atoms with E-state index in [1.54, 1.807) is 4.90 Å². The number of ether oxygens (including phenoxy) is 1. The largest absolute Gasteiger partial charge is 0.467 e. The van der Waals surface area contributed by atoms with Crippen LogP contribution >= 0.6 is 0 Å². The summed E-state index contributed by atoms with van der Waals surface area (Å²) in [7, 11) is 1.39. The molecule has 4 rings (SSSR count). The first-order chi connectivity index (χ1) is 17.1. The van der Waals surface area contributed by atoms with Crippen molar-refractivity contribution < 1.29 is 14.3 Å². The summed E-state index contributed by atoms with van der Waals surface area (Å²) in [6.07, 6.45) is 1.53. The lowest BCUT2D eigenvalue weighted by molar-refractivity contribution is -0.151. The minimum atomic E-state index is -0.593. The lowest BCUT2D eigenvalue weighted by atomic mass is 9.90. The molecule has 35 heavy (non-hydrogen) atoms. The molecule has 3 aromatic carbocycles. The third-order valence-electron chi connectivity index (χ3n) is 6.75. The molecule has 0 unspecified atom stereocenters. The number of rotatable bonds is 9. The summed E-state index contributed by atoms with van der Waals surface area (Å²) >= 11 is 0. The quantitative estimate of drug-likeness (QED) is 0.470. The Balaban J connectivity index is 1.50. The Morgan fingerprint density at radius 1 is 0.914 bits per heavy atom. The van der Waals surface area contributed by atoms with Gasteiger partial charge in [-0.05, 0) is 42.0 Å². The molecule has 5 heteroatoms. The van der Waals surface area contributed by atoms with Gasteiger partial charge in [-0.1, -0.05) is 97.9 Å². The average Bonchev–Trinajstić information content (AvgIpc) is 3.33. The monoisotopic (exact) mass is 470 g/mol. The van der Waals surface area contributed by atoms with Gasteiger partial charge in [0.15, 0.2) is 0 Å². The number of likely N-dealkylation sites (tertiary alicyclic amines) is 1. The van der Waals surface area contributed by atoms with Gasteiger partial charge in [0.05, 0.1) is 13.0 Å². The van der Waals surface area contributed by atoms with Gasteiger partial charge in [-0.25, -0.2) is 4.79 Å². The molecule has 3 atom stereocenters. The summed E-state index contributed by atoms with van der Waals surface area (Å²) < 4.78 is 5.10. The van der Waals surface area contributed by atoms with Crippen LogP contribution in [0.5, 0.6) is 0 Å². The first-order valence-electron chi connectivity index (χ1n) is 12.3. The van der Waals surface area contributed by atoms with Crippen LogP contribution < -0.4 is 5.32 Å². The van der Waals surface area contributed by atoms with Crippen molar-refractivity contribution in [2.45, 2.75) is 37.8 Å². The van der Waals surface area contributed by atoms with Crippen LogP contribution in [0, 0.1) is 5.92 Å². The van der Waals surface area contributed by atoms with E-state index in [9.17, 15) is 9.59 Å². The van der Waals surface area contributed by atoms with Crippen molar-refractivity contribution in [1.82, 2.24) is 10.2 Å². The third kappa shape index (κ3) is 6.17. The van der Waals surface area contributed by atoms with E-state index in [1.165, 1.54) is 12.7 Å². The van der Waals surface area contributed by atoms with Crippen molar-refractivity contribution in [3.8, 4) is 0 Å². The van der Waals surface area contributed by atoms with Crippen molar-refractivity contribution in [3.05, 3.63) is 108 Å². The number of hydrogen-bond acceptors (Lipinski definition) is 4. The second-order valence-corrected chi connectivity index (χ2v) is 9.42. The van der Waals surface area contributed by atoms with Crippen LogP contribution in [0.1, 0.15) is 36.0 Å². The summed E-state index contributed by atoms with van der Waals surface area (Å²) in [6, 6.07) is 29.4. The fourth-order valence-corrected chi connectivity index (χ4v) is 4.98. The molecule has 1 fully saturated rings. The van der Waals surface area contributed by atoms with Gasteiger partial charge in [0.1, 0.15) is 6.04 Å². The highest BCUT2D eigenvalue weighted by Gasteiger charge is 2.42. The molecule has 0 bridgehead atoms. The predicted molar refractivity (Wildman–Crippen MR) is 138 cm³/mol. The highest BCUT2D eigenvalue weighted by atomic mass is 16.5. The van der Waals surface area contributed by atoms with Crippen LogP contribution in [0.4, 0.5) is 0 Å². The fraction of sp³-hybridized carbons (Fsp3) is 0.333. The number of carbonyl (C=O) groups excluding carboxylic acids is 2. The minimum absolute atomic E-state index is 0.0356. The highest BCUT2D eigenvalue weighted by molar-refractivity contribution is 5.91. The molecule has 1 amide bonds. The predicted octanol–water partition coefficient (Wildman–Crippen LogP) is 4.43. The van der Waals surface area contributed by atoms with Crippen LogP contribution in [0.15, 0.2) is 91.0 Å². The normalized spacial score (nSPS) is 18.4. The Hall–Kier alpha value is -3.44. The van der Waals surface area contributed by atoms with Gasteiger partial charge in [0.25, 0.3) is 0 Å². The third-order valence-corrected chi connectivity index (χ3v) is 6.75. The zero-order chi connectivity index (χ0) is 24.6. The fourth-order valence-electron chi connectivity index (χ4n) is 4.98. The zero-order valence-electron chi connectivity index (χ0n) is 20.5. The van der Waals surface area contributed by atoms with E-state index < -0.39 is 12.0 Å². The molecule has 0 aliphatic carbocycles. The first kappa shape index (κ1) is 24.7. The van der Waals surface area contributed by atoms with Gasteiger partial charge in [-0.15, -0.1) is 0 Å². The molecule has 1 aliphatic rings. The maximum atomic E-state index is 14.0. The summed E-state index contributed by atoms with van der Waals surface area (Å²) in [5, 5.41) is 3.61. The van der Waals surface area contributed by atoms with Crippen LogP contribution in [-0.2, 0) is 20.7 Å². The standard InChI is InChI=1S/C30H34N2O3/c1-22(18-23-12-6-3-7-13-23)20-31-26-19-27(30(34)35-2)32(21-26)29(33)28(24-14-8-4-9-15-24)25-16-10-5-11-17-25/h3-17,22,26-28,31H,18-21H2,1-2H3/t22-,26+,27+/m1/s1. The summed E-state index contributed by atoms with van der Waals surface area (Å²) in [4.78, 5) is 28.4. The number of amides is 1. The molecule has 1 aliphatic heterocycles. The maximum absolute atomic E-state index is 14.0. The maximum Gasteiger partial charge on any atom is 0.328 e. The van der Waals surface area contributed by atoms with Gasteiger partial charge in [-0.3, -0.25) is 4.79 Å². The Kier molecular flexibility index (Phi) is 8.32. The molecule has 1 heterocycles. The number of benzene rings is 3. The van der Waals surface area contributed by atoms with Crippen LogP contribution in [0.25, 0.3) is 0 Å². The number of hydrogen-bond donors (Lipinski definition) is 1. The zero-order valence-corrected chi connectivity index (χ0v) is 20.5. The van der Waals surface area contributed by atoms with Crippen molar-refractivity contribution >= 4 is 11.9 Å². The Labute approximate surface area is 208 Å². The SMILES string of the molecule is COC(=O)[C@@H]1C[C@H](NC[C@H](C)Cc2ccccc2)CN1C(=O)C(c1ccccc1)c1ccccc1. The van der Waals surface area contributed by atoms with E-state index in [4.69, 9.17) is 4.74 Å². The number of nitrogens with one attached hydrogen (secondary N) is 1. The van der Waals surface area contributed by atoms with Crippen LogP contribution in [0.2, 0.25) is 0 Å². The van der Waals surface area contributed by atoms with Crippen LogP contribution in [-0.4, -0.2) is 49.1 Å². The molecule has 0 radical (unpaired) electrons. The van der Waals surface area contributed by atoms with E-state index in [0.29, 0.717) is 18.9 Å². The average molecular weight is 471 g/mol. The topological polar surface area (TPSA) is 58.6 Å². The molecule has 0 spiro atoms. The number of methoxy groups -OCH3 is 1. The van der Waals surface area contributed by atoms with E-state index in [2.05, 4.69) is 36.5 Å². The van der Waals surface area contributed by atoms with Crippen LogP contribution in [0.3, 0.4) is 0 Å². The van der Waals surface area contributed by atoms with Crippen molar-refractivity contribution in [2.24, 2.45) is 5.92 Å². The van der Waals surface area contributed by atoms with E-state index >= 15 is 0 Å². The van der Waals surface area contributed by atoms with Gasteiger partial charge >= 0.3 is 5.97 Å². The van der Waals surface area contributed by atoms with Gasteiger partial charge < -0.3 is 15.0 Å². The van der Waals surface area contributed by atoms with Crippen molar-refractivity contribution in [2.75, 3.05) is 20.2 Å². The van der Waals surface area contributed by atoms with E-state index in [-0.39, 0.29) is 17.9 Å². The summed E-state index contributed by atoms with van der Waals surface area (Å²) in [6.45, 7) is 3.51. The molecule has 0 saturated carbocycles. The highest BCUT2D eigenvalue weighted by Crippen LogP contribution is 2.31. The molecular formula is C30H34N2O3. The van der Waals surface area contributed by atoms with E-state index in [0.717, 1.165) is 24.1 Å². The van der Waals surface area contributed by atoms with Gasteiger partial charge in [-0.2, -0.15) is 0 Å². The van der Waals surface area contributed by atoms with Crippen molar-refractivity contribution in [3.63, 3.8) is 0 Å². The van der Waals surface area contributed by atoms with Gasteiger partial charge in [0.2, 0.25) is 5.91 Å². The number of nitrogens with zero attached hydrogens (tertiary/aromatic N) is 1. The number of carbonyl (C=O) groups is 2. The summed E-state index contributed by atoms with van der Waals surface area (Å²) in [5.74, 6) is -0.472. The molecule has 1 saturated heterocycles. The second-order valence-electron chi connectivity index (χ2n) is 9.42. The molecular weight excluding hydrogens is 436 g/mol. The Morgan fingerprint density at radius 3 is 2.00 bits per heavy atom. The summed E-state index contributed by atoms with van der Waals surface area (Å²) in [5.41, 5.74) is 3.14. The Morgan fingerprint density at radius 2 is 1.46 bits per heavy atom. The lowest BCUT2D eigenvalue weighted by Gasteiger charge is -2.28. The second kappa shape index (κ2) is 11.8. The van der Waals surface area contributed by atoms with Gasteiger partial charge in [0, 0.05) is 12.6 Å². The molecule has 182 valence electrons. The molecule has 5 nitrogen and oxygen atoms in total. The molecule has 1 N–H and O–H groups in total. The van der Waals surface area contributed by atoms with E-state index in [1.807, 2.05) is 66.7 Å². The minimum Gasteiger partial charge on any atom is -0.467 e. The van der Waals surface area contributed by atoms with Crippen molar-refractivity contribution in [1.29, 1.82) is 0 Å². The number of esters is 1. The lowest BCUT2D eigenvalue weighted by Crippen LogP contribution is -2.44.